The molecule has 2 radical (unpaired) electrons. The van der Waals surface area contributed by atoms with Crippen LogP contribution in [0.25, 0.3) is 43.8 Å². The number of fused-ring (bicyclic) bond motifs is 2. The standard InChI is InChI=1S/2C21H19.C2H6Si.2ClH.Zr/c2*1-21(2,3)13-12-17-10-7-11-18-14-19(15-20(17)18)16-8-5-4-6-9-16;1-3-2;;;/h2*4-11,14-15H,1-3H3;1-2H3;2*1H;/q2*-1;;;;+4/p-2. The Kier molecular flexibility index (Phi) is 15.7. The van der Waals surface area contributed by atoms with Crippen molar-refractivity contribution < 1.29 is 20.8 Å². The first-order chi connectivity index (χ1) is 22.9. The van der Waals surface area contributed by atoms with Crippen LogP contribution in [0.4, 0.5) is 0 Å². The van der Waals surface area contributed by atoms with Crippen molar-refractivity contribution in [1.82, 2.24) is 0 Å². The van der Waals surface area contributed by atoms with Crippen LogP contribution in [0.3, 0.4) is 0 Å². The Hall–Kier alpha value is -3.10. The van der Waals surface area contributed by atoms with Gasteiger partial charge in [-0.05, 0) is 52.7 Å². The average molecular weight is 763 g/mol. The monoisotopic (exact) mass is 760 g/mol. The van der Waals surface area contributed by atoms with E-state index in [9.17, 15) is 0 Å². The maximum absolute atomic E-state index is 4.93. The number of hydrogen-bond donors (Lipinski definition) is 0. The van der Waals surface area contributed by atoms with Crippen molar-refractivity contribution in [3.63, 3.8) is 0 Å². The molecule has 0 fully saturated rings. The molecule has 4 heteroatoms. The van der Waals surface area contributed by atoms with Gasteiger partial charge < -0.3 is 0 Å². The summed E-state index contributed by atoms with van der Waals surface area (Å²) < 4.78 is 0. The SMILES string of the molecule is CC(C)(C)C#Cc1cccc2[cH-]c(-c3ccccc3)cc12.CC(C)(C)C#Cc1cccc2[cH-]c(-c3ccccc3)cc12.C[Si]C.[Cl][Zr+2][Cl]. The molecule has 0 aliphatic carbocycles. The minimum absolute atomic E-state index is 0.0248. The van der Waals surface area contributed by atoms with Crippen molar-refractivity contribution in [2.24, 2.45) is 10.8 Å². The Bertz CT molecular complexity index is 1830. The van der Waals surface area contributed by atoms with Gasteiger partial charge in [-0.25, -0.2) is 0 Å². The molecule has 242 valence electrons. The van der Waals surface area contributed by atoms with E-state index in [1.807, 2.05) is 12.1 Å². The Morgan fingerprint density at radius 3 is 1.19 bits per heavy atom. The Morgan fingerprint density at radius 1 is 0.542 bits per heavy atom. The van der Waals surface area contributed by atoms with Gasteiger partial charge in [0, 0.05) is 20.3 Å². The summed E-state index contributed by atoms with van der Waals surface area (Å²) in [6, 6.07) is 42.7. The van der Waals surface area contributed by atoms with Crippen LogP contribution in [0.1, 0.15) is 52.7 Å². The van der Waals surface area contributed by atoms with Gasteiger partial charge in [0.15, 0.2) is 0 Å². The molecule has 48 heavy (non-hydrogen) atoms. The van der Waals surface area contributed by atoms with Crippen molar-refractivity contribution in [3.8, 4) is 45.9 Å². The van der Waals surface area contributed by atoms with Crippen LogP contribution in [-0.4, -0.2) is 9.52 Å². The quantitative estimate of drug-likeness (QED) is 0.0936. The summed E-state index contributed by atoms with van der Waals surface area (Å²) in [5, 5.41) is 5.00. The molecular formula is C44H44Cl2SiZr. The molecule has 6 rings (SSSR count). The second-order valence-electron chi connectivity index (χ2n) is 13.4. The minimum atomic E-state index is -0.826. The number of hydrogen-bond acceptors (Lipinski definition) is 0. The molecule has 0 aromatic heterocycles. The third-order valence-electron chi connectivity index (χ3n) is 6.86. The second kappa shape index (κ2) is 19.2. The number of halogens is 2. The van der Waals surface area contributed by atoms with Crippen LogP contribution < -0.4 is 0 Å². The Labute approximate surface area is 310 Å². The zero-order valence-corrected chi connectivity index (χ0v) is 34.3. The van der Waals surface area contributed by atoms with E-state index in [1.165, 1.54) is 43.8 Å². The van der Waals surface area contributed by atoms with Gasteiger partial charge in [-0.3, -0.25) is 0 Å². The predicted molar refractivity (Wildman–Crippen MR) is 212 cm³/mol. The first-order valence-corrected chi connectivity index (χ1v) is 24.3. The van der Waals surface area contributed by atoms with E-state index in [1.54, 1.807) is 0 Å². The van der Waals surface area contributed by atoms with Gasteiger partial charge in [-0.1, -0.05) is 133 Å². The zero-order valence-electron chi connectivity index (χ0n) is 29.3. The van der Waals surface area contributed by atoms with Crippen LogP contribution in [-0.2, 0) is 20.8 Å². The van der Waals surface area contributed by atoms with E-state index in [0.29, 0.717) is 0 Å². The Balaban J connectivity index is 0.000000224. The average Bonchev–Trinajstić information content (AvgIpc) is 3.70. The van der Waals surface area contributed by atoms with Gasteiger partial charge in [0.25, 0.3) is 0 Å². The summed E-state index contributed by atoms with van der Waals surface area (Å²) in [5.41, 5.74) is 7.31. The molecule has 0 amide bonds. The summed E-state index contributed by atoms with van der Waals surface area (Å²) in [6.07, 6.45) is 0. The molecule has 0 heterocycles. The van der Waals surface area contributed by atoms with E-state index >= 15 is 0 Å². The van der Waals surface area contributed by atoms with E-state index in [0.717, 1.165) is 20.6 Å². The van der Waals surface area contributed by atoms with Crippen molar-refractivity contribution in [2.75, 3.05) is 0 Å². The third kappa shape index (κ3) is 12.7. The van der Waals surface area contributed by atoms with E-state index in [4.69, 9.17) is 17.0 Å². The topological polar surface area (TPSA) is 0 Å². The van der Waals surface area contributed by atoms with Crippen molar-refractivity contribution in [2.45, 2.75) is 54.6 Å². The molecule has 0 spiro atoms. The van der Waals surface area contributed by atoms with E-state index in [-0.39, 0.29) is 10.8 Å². The first kappa shape index (κ1) is 39.3. The molecule has 6 aromatic rings. The van der Waals surface area contributed by atoms with Crippen molar-refractivity contribution >= 4 is 48.1 Å². The van der Waals surface area contributed by atoms with Crippen LogP contribution in [0.15, 0.2) is 121 Å². The molecule has 0 nitrogen and oxygen atoms in total. The van der Waals surface area contributed by atoms with Crippen molar-refractivity contribution in [3.05, 3.63) is 132 Å². The summed E-state index contributed by atoms with van der Waals surface area (Å²) in [6.45, 7) is 17.1. The summed E-state index contributed by atoms with van der Waals surface area (Å²) in [5.74, 6) is 13.3. The molecule has 0 aliphatic heterocycles. The molecular weight excluding hydrogens is 719 g/mol. The fourth-order valence-electron chi connectivity index (χ4n) is 4.79. The number of benzene rings is 4. The van der Waals surface area contributed by atoms with Gasteiger partial charge in [0.1, 0.15) is 0 Å². The summed E-state index contributed by atoms with van der Waals surface area (Å²) in [7, 11) is 11.0. The first-order valence-electron chi connectivity index (χ1n) is 16.0. The molecule has 0 atom stereocenters. The van der Waals surface area contributed by atoms with E-state index < -0.39 is 20.8 Å². The predicted octanol–water partition coefficient (Wildman–Crippen LogP) is 13.4. The third-order valence-corrected chi connectivity index (χ3v) is 6.86. The Morgan fingerprint density at radius 2 is 0.875 bits per heavy atom. The molecule has 0 bridgehead atoms. The van der Waals surface area contributed by atoms with Crippen molar-refractivity contribution in [1.29, 1.82) is 0 Å². The molecule has 0 N–H and O–H groups in total. The number of rotatable bonds is 2. The van der Waals surface area contributed by atoms with Crippen LogP contribution in [0.5, 0.6) is 0 Å². The van der Waals surface area contributed by atoms with E-state index in [2.05, 4.69) is 188 Å². The molecule has 0 aliphatic rings. The molecule has 0 saturated carbocycles. The maximum atomic E-state index is 4.93. The van der Waals surface area contributed by atoms with Gasteiger partial charge in [-0.2, -0.15) is 0 Å². The van der Waals surface area contributed by atoms with Gasteiger partial charge in [-0.15, -0.1) is 69.1 Å². The fraction of sp³-hybridized carbons (Fsp3) is 0.227. The van der Waals surface area contributed by atoms with Crippen LogP contribution >= 0.6 is 17.0 Å². The molecule has 0 unspecified atom stereocenters. The molecule has 6 aromatic carbocycles. The molecule has 0 saturated heterocycles. The normalized spacial score (nSPS) is 10.4. The zero-order chi connectivity index (χ0) is 35.2. The van der Waals surface area contributed by atoms with Gasteiger partial charge >= 0.3 is 37.9 Å². The van der Waals surface area contributed by atoms with Gasteiger partial charge in [0.05, 0.1) is 0 Å². The van der Waals surface area contributed by atoms with Gasteiger partial charge in [0.2, 0.25) is 0 Å². The van der Waals surface area contributed by atoms with Crippen LogP contribution in [0.2, 0.25) is 13.1 Å². The van der Waals surface area contributed by atoms with Crippen LogP contribution in [0, 0.1) is 34.5 Å². The summed E-state index contributed by atoms with van der Waals surface area (Å²) in [4.78, 5) is 0. The second-order valence-corrected chi connectivity index (χ2v) is 18.1. The fourth-order valence-corrected chi connectivity index (χ4v) is 4.79. The summed E-state index contributed by atoms with van der Waals surface area (Å²) >= 11 is -0.826.